The molecule has 2 aromatic heterocycles. The molecule has 162 valence electrons. The zero-order valence-electron chi connectivity index (χ0n) is 18.2. The highest BCUT2D eigenvalue weighted by molar-refractivity contribution is 6.33. The molecule has 6 heteroatoms. The summed E-state index contributed by atoms with van der Waals surface area (Å²) in [5.41, 5.74) is 4.05. The number of benzene rings is 2. The Hall–Kier alpha value is -3.64. The van der Waals surface area contributed by atoms with E-state index in [1.54, 1.807) is 0 Å². The fourth-order valence-electron chi connectivity index (χ4n) is 3.79. The molecule has 1 aliphatic heterocycles. The minimum atomic E-state index is -0.202. The molecule has 1 unspecified atom stereocenters. The first-order chi connectivity index (χ1) is 16.2. The molecule has 0 N–H and O–H groups in total. The van der Waals surface area contributed by atoms with E-state index >= 15 is 0 Å². The zero-order valence-corrected chi connectivity index (χ0v) is 18.9. The summed E-state index contributed by atoms with van der Waals surface area (Å²) in [5.74, 6) is 13.4. The van der Waals surface area contributed by atoms with Crippen LogP contribution in [0.4, 0.5) is 0 Å². The van der Waals surface area contributed by atoms with E-state index in [1.807, 2.05) is 66.1 Å². The highest BCUT2D eigenvalue weighted by Gasteiger charge is 2.24. The Bertz CT molecular complexity index is 1430. The van der Waals surface area contributed by atoms with Crippen LogP contribution < -0.4 is 0 Å². The summed E-state index contributed by atoms with van der Waals surface area (Å²) >= 11 is 6.52. The minimum Gasteiger partial charge on any atom is -0.358 e. The number of hydrogen-bond donors (Lipinski definition) is 0. The molecule has 0 aliphatic carbocycles. The van der Waals surface area contributed by atoms with Crippen molar-refractivity contribution in [1.82, 2.24) is 19.5 Å². The summed E-state index contributed by atoms with van der Waals surface area (Å²) in [6.07, 6.45) is 2.76. The van der Waals surface area contributed by atoms with Gasteiger partial charge in [0, 0.05) is 17.7 Å². The van der Waals surface area contributed by atoms with E-state index in [0.29, 0.717) is 29.4 Å². The highest BCUT2D eigenvalue weighted by atomic mass is 35.5. The van der Waals surface area contributed by atoms with Crippen molar-refractivity contribution in [2.24, 2.45) is 0 Å². The van der Waals surface area contributed by atoms with Crippen LogP contribution in [-0.4, -0.2) is 26.1 Å². The van der Waals surface area contributed by atoms with E-state index in [2.05, 4.69) is 33.6 Å². The molecule has 5 rings (SSSR count). The largest absolute Gasteiger partial charge is 0.358 e. The van der Waals surface area contributed by atoms with Crippen molar-refractivity contribution in [2.75, 3.05) is 6.61 Å². The number of imidazole rings is 1. The molecule has 5 nitrogen and oxygen atoms in total. The first-order valence-corrected chi connectivity index (χ1v) is 11.3. The topological polar surface area (TPSA) is 52.8 Å². The Labute approximate surface area is 197 Å². The SMILES string of the molecule is Cc1cccc(C#Cc2nc3c(Cl)nc(C#Cc4ccccc4)nc3n2C2CCCCO2)c1. The molecule has 1 aliphatic rings. The van der Waals surface area contributed by atoms with E-state index in [-0.39, 0.29) is 11.4 Å². The molecule has 2 aromatic carbocycles. The minimum absolute atomic E-state index is 0.202. The number of halogens is 1. The molecule has 1 fully saturated rings. The number of fused-ring (bicyclic) bond motifs is 1. The van der Waals surface area contributed by atoms with Crippen molar-refractivity contribution < 1.29 is 4.74 Å². The normalized spacial score (nSPS) is 15.4. The van der Waals surface area contributed by atoms with Gasteiger partial charge in [0.25, 0.3) is 0 Å². The van der Waals surface area contributed by atoms with Crippen molar-refractivity contribution in [3.05, 3.63) is 88.1 Å². The molecule has 1 atom stereocenters. The number of aryl methyl sites for hydroxylation is 1. The Kier molecular flexibility index (Phi) is 6.09. The molecule has 0 spiro atoms. The number of hydrogen-bond acceptors (Lipinski definition) is 4. The van der Waals surface area contributed by atoms with Gasteiger partial charge in [0.2, 0.25) is 5.82 Å². The number of ether oxygens (including phenoxy) is 1. The lowest BCUT2D eigenvalue weighted by Gasteiger charge is -2.24. The van der Waals surface area contributed by atoms with Gasteiger partial charge in [-0.2, -0.15) is 0 Å². The molecule has 3 heterocycles. The van der Waals surface area contributed by atoms with Gasteiger partial charge in [-0.1, -0.05) is 53.8 Å². The standard InChI is InChI=1S/C27H21ClN4O/c1-19-8-7-11-21(18-19)14-16-23-31-25-26(28)29-22(15-13-20-9-3-2-4-10-20)30-27(25)32(23)24-12-5-6-17-33-24/h2-4,7-11,18,24H,5-6,12,17H2,1H3. The van der Waals surface area contributed by atoms with Gasteiger partial charge in [-0.05, 0) is 67.9 Å². The predicted molar refractivity (Wildman–Crippen MR) is 129 cm³/mol. The summed E-state index contributed by atoms with van der Waals surface area (Å²) in [5, 5.41) is 0.255. The molecular weight excluding hydrogens is 432 g/mol. The van der Waals surface area contributed by atoms with Gasteiger partial charge in [-0.3, -0.25) is 4.57 Å². The van der Waals surface area contributed by atoms with Gasteiger partial charge in [0.1, 0.15) is 11.7 Å². The van der Waals surface area contributed by atoms with Crippen molar-refractivity contribution in [1.29, 1.82) is 0 Å². The fourth-order valence-corrected chi connectivity index (χ4v) is 3.99. The molecule has 33 heavy (non-hydrogen) atoms. The molecule has 0 saturated carbocycles. The van der Waals surface area contributed by atoms with Crippen LogP contribution >= 0.6 is 11.6 Å². The Morgan fingerprint density at radius 1 is 0.909 bits per heavy atom. The van der Waals surface area contributed by atoms with Crippen LogP contribution in [-0.2, 0) is 4.74 Å². The lowest BCUT2D eigenvalue weighted by molar-refractivity contribution is -0.0302. The van der Waals surface area contributed by atoms with E-state index in [4.69, 9.17) is 21.3 Å². The maximum atomic E-state index is 6.52. The Morgan fingerprint density at radius 2 is 1.73 bits per heavy atom. The van der Waals surface area contributed by atoms with Crippen molar-refractivity contribution in [2.45, 2.75) is 32.4 Å². The summed E-state index contributed by atoms with van der Waals surface area (Å²) in [7, 11) is 0. The van der Waals surface area contributed by atoms with Crippen LogP contribution in [0.1, 0.15) is 53.8 Å². The highest BCUT2D eigenvalue weighted by Crippen LogP contribution is 2.30. The second kappa shape index (κ2) is 9.46. The third-order valence-electron chi connectivity index (χ3n) is 5.37. The maximum absolute atomic E-state index is 6.52. The second-order valence-corrected chi connectivity index (χ2v) is 8.23. The van der Waals surface area contributed by atoms with Gasteiger partial charge < -0.3 is 4.74 Å². The smallest absolute Gasteiger partial charge is 0.208 e. The van der Waals surface area contributed by atoms with Crippen LogP contribution in [0.3, 0.4) is 0 Å². The molecule has 4 aromatic rings. The third-order valence-corrected chi connectivity index (χ3v) is 5.63. The van der Waals surface area contributed by atoms with Crippen molar-refractivity contribution >= 4 is 22.8 Å². The van der Waals surface area contributed by atoms with E-state index in [0.717, 1.165) is 36.0 Å². The van der Waals surface area contributed by atoms with Crippen molar-refractivity contribution in [3.63, 3.8) is 0 Å². The number of aromatic nitrogens is 4. The van der Waals surface area contributed by atoms with Gasteiger partial charge >= 0.3 is 0 Å². The monoisotopic (exact) mass is 452 g/mol. The number of rotatable bonds is 1. The summed E-state index contributed by atoms with van der Waals surface area (Å²) in [4.78, 5) is 13.7. The third kappa shape index (κ3) is 4.76. The van der Waals surface area contributed by atoms with Crippen LogP contribution in [0.25, 0.3) is 11.2 Å². The quantitative estimate of drug-likeness (QED) is 0.291. The molecule has 0 radical (unpaired) electrons. The number of nitrogens with zero attached hydrogens (tertiary/aromatic N) is 4. The molecule has 0 bridgehead atoms. The predicted octanol–water partition coefficient (Wildman–Crippen LogP) is 5.29. The average Bonchev–Trinajstić information content (AvgIpc) is 3.22. The van der Waals surface area contributed by atoms with E-state index in [1.165, 1.54) is 0 Å². The van der Waals surface area contributed by atoms with E-state index in [9.17, 15) is 0 Å². The van der Waals surface area contributed by atoms with Crippen LogP contribution in [0.2, 0.25) is 5.15 Å². The first-order valence-electron chi connectivity index (χ1n) is 10.9. The van der Waals surface area contributed by atoms with Crippen LogP contribution in [0, 0.1) is 30.6 Å². The lowest BCUT2D eigenvalue weighted by atomic mass is 10.1. The zero-order chi connectivity index (χ0) is 22.6. The summed E-state index contributed by atoms with van der Waals surface area (Å²) < 4.78 is 8.01. The van der Waals surface area contributed by atoms with Gasteiger partial charge in [0.15, 0.2) is 16.6 Å². The van der Waals surface area contributed by atoms with Gasteiger partial charge in [0.05, 0.1) is 0 Å². The van der Waals surface area contributed by atoms with Gasteiger partial charge in [-0.25, -0.2) is 15.0 Å². The van der Waals surface area contributed by atoms with Crippen molar-refractivity contribution in [3.8, 4) is 23.7 Å². The first kappa shape index (κ1) is 21.2. The lowest BCUT2D eigenvalue weighted by Crippen LogP contribution is -2.20. The maximum Gasteiger partial charge on any atom is 0.208 e. The molecular formula is C27H21ClN4O. The summed E-state index contributed by atoms with van der Waals surface area (Å²) in [6, 6.07) is 17.8. The molecule has 0 amide bonds. The summed E-state index contributed by atoms with van der Waals surface area (Å²) in [6.45, 7) is 2.73. The fraction of sp³-hybridized carbons (Fsp3) is 0.222. The van der Waals surface area contributed by atoms with Crippen LogP contribution in [0.5, 0.6) is 0 Å². The average molecular weight is 453 g/mol. The van der Waals surface area contributed by atoms with Crippen LogP contribution in [0.15, 0.2) is 54.6 Å². The Morgan fingerprint density at radius 3 is 2.52 bits per heavy atom. The van der Waals surface area contributed by atoms with E-state index < -0.39 is 0 Å². The second-order valence-electron chi connectivity index (χ2n) is 7.87. The Balaban J connectivity index is 1.63. The molecule has 1 saturated heterocycles. The van der Waals surface area contributed by atoms with Gasteiger partial charge in [-0.15, -0.1) is 0 Å².